The van der Waals surface area contributed by atoms with Crippen LogP contribution in [0.4, 0.5) is 5.00 Å². The highest BCUT2D eigenvalue weighted by Crippen LogP contribution is 2.33. The Kier molecular flexibility index (Phi) is 7.01. The van der Waals surface area contributed by atoms with Crippen molar-refractivity contribution in [1.29, 1.82) is 0 Å². The molecule has 0 bridgehead atoms. The van der Waals surface area contributed by atoms with Crippen LogP contribution in [0, 0.1) is 0 Å². The standard InChI is InChI=1S/C20H20N2O6S2/c1-26-19(24)16-11(17(20(25)27-2)30-18(16)21)10-28-15(23)9-5-8-14-22-12-6-3-4-7-13(12)29-14/h3-4,6-7H,5,8-10,21H2,1-2H3. The minimum Gasteiger partial charge on any atom is -0.465 e. The summed E-state index contributed by atoms with van der Waals surface area (Å²) in [7, 11) is 2.42. The molecule has 0 aliphatic heterocycles. The molecule has 0 spiro atoms. The molecule has 0 aliphatic rings. The Bertz CT molecular complexity index is 1060. The predicted octanol–water partition coefficient (Wildman–Crippen LogP) is 3.58. The third-order valence-electron chi connectivity index (χ3n) is 4.28. The van der Waals surface area contributed by atoms with Gasteiger partial charge in [0, 0.05) is 12.0 Å². The molecular formula is C20H20N2O6S2. The molecule has 30 heavy (non-hydrogen) atoms. The molecule has 3 aromatic rings. The number of methoxy groups -OCH3 is 2. The third-order valence-corrected chi connectivity index (χ3v) is 6.42. The minimum atomic E-state index is -0.708. The number of carbonyl (C=O) groups is 3. The van der Waals surface area contributed by atoms with Crippen LogP contribution < -0.4 is 5.73 Å². The summed E-state index contributed by atoms with van der Waals surface area (Å²) in [4.78, 5) is 40.9. The fourth-order valence-electron chi connectivity index (χ4n) is 2.84. The number of aromatic nitrogens is 1. The van der Waals surface area contributed by atoms with Crippen LogP contribution in [0.2, 0.25) is 0 Å². The maximum absolute atomic E-state index is 12.2. The first-order valence-electron chi connectivity index (χ1n) is 9.02. The van der Waals surface area contributed by atoms with E-state index in [1.54, 1.807) is 11.3 Å². The van der Waals surface area contributed by atoms with E-state index >= 15 is 0 Å². The summed E-state index contributed by atoms with van der Waals surface area (Å²) >= 11 is 2.49. The monoisotopic (exact) mass is 448 g/mol. The van der Waals surface area contributed by atoms with Crippen molar-refractivity contribution >= 4 is 55.8 Å². The van der Waals surface area contributed by atoms with Gasteiger partial charge >= 0.3 is 17.9 Å². The SMILES string of the molecule is COC(=O)c1sc(N)c(C(=O)OC)c1COC(=O)CCCc1nc2ccccc2s1. The predicted molar refractivity (Wildman–Crippen MR) is 114 cm³/mol. The third kappa shape index (κ3) is 4.77. The molecule has 0 atom stereocenters. The van der Waals surface area contributed by atoms with Crippen molar-refractivity contribution in [3.8, 4) is 0 Å². The molecule has 158 valence electrons. The van der Waals surface area contributed by atoms with Crippen LogP contribution in [0.25, 0.3) is 10.2 Å². The number of nitrogens with two attached hydrogens (primary N) is 1. The topological polar surface area (TPSA) is 118 Å². The van der Waals surface area contributed by atoms with Gasteiger partial charge in [0.25, 0.3) is 0 Å². The van der Waals surface area contributed by atoms with Gasteiger partial charge in [-0.25, -0.2) is 14.6 Å². The number of carbonyl (C=O) groups excluding carboxylic acids is 3. The Labute approximate surface area is 180 Å². The lowest BCUT2D eigenvalue weighted by Crippen LogP contribution is -2.12. The molecule has 10 heteroatoms. The zero-order valence-electron chi connectivity index (χ0n) is 16.4. The number of aryl methyl sites for hydroxylation is 1. The van der Waals surface area contributed by atoms with E-state index in [1.807, 2.05) is 24.3 Å². The molecule has 3 rings (SSSR count). The van der Waals surface area contributed by atoms with Gasteiger partial charge in [0.1, 0.15) is 22.0 Å². The Balaban J connectivity index is 1.60. The second-order valence-corrected chi connectivity index (χ2v) is 8.39. The van der Waals surface area contributed by atoms with Gasteiger partial charge in [-0.3, -0.25) is 4.79 Å². The van der Waals surface area contributed by atoms with E-state index in [1.165, 1.54) is 14.2 Å². The second kappa shape index (κ2) is 9.68. The van der Waals surface area contributed by atoms with Gasteiger partial charge in [-0.2, -0.15) is 0 Å². The molecule has 0 saturated heterocycles. The number of thiophene rings is 1. The number of ether oxygens (including phenoxy) is 3. The van der Waals surface area contributed by atoms with Gasteiger partial charge in [0.2, 0.25) is 0 Å². The first kappa shape index (κ1) is 21.7. The summed E-state index contributed by atoms with van der Waals surface area (Å²) in [6.07, 6.45) is 1.40. The number of thiazole rings is 1. The largest absolute Gasteiger partial charge is 0.465 e. The van der Waals surface area contributed by atoms with E-state index in [2.05, 4.69) is 4.98 Å². The van der Waals surface area contributed by atoms with Gasteiger partial charge in [-0.05, 0) is 25.0 Å². The summed E-state index contributed by atoms with van der Waals surface area (Å²) in [5, 5.41) is 1.06. The van der Waals surface area contributed by atoms with Gasteiger partial charge in [-0.1, -0.05) is 12.1 Å². The number of esters is 3. The van der Waals surface area contributed by atoms with E-state index in [-0.39, 0.29) is 34.0 Å². The van der Waals surface area contributed by atoms with Gasteiger partial charge in [0.15, 0.2) is 0 Å². The number of hydrogen-bond acceptors (Lipinski definition) is 10. The van der Waals surface area contributed by atoms with E-state index in [4.69, 9.17) is 19.9 Å². The number of nitrogens with zero attached hydrogens (tertiary/aromatic N) is 1. The lowest BCUT2D eigenvalue weighted by Gasteiger charge is -2.08. The molecule has 8 nitrogen and oxygen atoms in total. The van der Waals surface area contributed by atoms with Crippen LogP contribution in [0.3, 0.4) is 0 Å². The summed E-state index contributed by atoms with van der Waals surface area (Å²) in [5.41, 5.74) is 7.01. The molecule has 1 aromatic carbocycles. The Morgan fingerprint density at radius 2 is 1.80 bits per heavy atom. The number of benzene rings is 1. The maximum atomic E-state index is 12.2. The van der Waals surface area contributed by atoms with Crippen molar-refractivity contribution in [2.24, 2.45) is 0 Å². The van der Waals surface area contributed by atoms with Crippen molar-refractivity contribution < 1.29 is 28.6 Å². The zero-order chi connectivity index (χ0) is 21.7. The lowest BCUT2D eigenvalue weighted by atomic mass is 10.1. The fraction of sp³-hybridized carbons (Fsp3) is 0.300. The molecule has 0 radical (unpaired) electrons. The van der Waals surface area contributed by atoms with Crippen LogP contribution in [0.15, 0.2) is 24.3 Å². The van der Waals surface area contributed by atoms with E-state index in [0.717, 1.165) is 26.6 Å². The highest BCUT2D eigenvalue weighted by Gasteiger charge is 2.28. The maximum Gasteiger partial charge on any atom is 0.348 e. The summed E-state index contributed by atoms with van der Waals surface area (Å²) in [6.45, 7) is -0.275. The number of para-hydroxylation sites is 1. The van der Waals surface area contributed by atoms with Crippen molar-refractivity contribution in [3.05, 3.63) is 45.3 Å². The quantitative estimate of drug-likeness (QED) is 0.410. The van der Waals surface area contributed by atoms with E-state index in [0.29, 0.717) is 12.8 Å². The van der Waals surface area contributed by atoms with Gasteiger partial charge in [0.05, 0.1) is 29.4 Å². The number of rotatable bonds is 8. The van der Waals surface area contributed by atoms with Crippen LogP contribution in [0.5, 0.6) is 0 Å². The molecule has 0 amide bonds. The minimum absolute atomic E-state index is 0.0187. The smallest absolute Gasteiger partial charge is 0.348 e. The fourth-order valence-corrected chi connectivity index (χ4v) is 4.83. The molecule has 0 aliphatic carbocycles. The molecule has 2 heterocycles. The average Bonchev–Trinajstić information content (AvgIpc) is 3.31. The van der Waals surface area contributed by atoms with Crippen molar-refractivity contribution in [3.63, 3.8) is 0 Å². The number of fused-ring (bicyclic) bond motifs is 1. The number of nitrogen functional groups attached to an aromatic ring is 1. The van der Waals surface area contributed by atoms with E-state index < -0.39 is 17.9 Å². The summed E-state index contributed by atoms with van der Waals surface area (Å²) < 4.78 is 15.8. The summed E-state index contributed by atoms with van der Waals surface area (Å²) in [5.74, 6) is -1.82. The average molecular weight is 449 g/mol. The molecule has 0 fully saturated rings. The number of hydrogen-bond donors (Lipinski definition) is 1. The molecule has 2 N–H and O–H groups in total. The van der Waals surface area contributed by atoms with Crippen LogP contribution in [0.1, 0.15) is 43.4 Å². The first-order valence-corrected chi connectivity index (χ1v) is 10.7. The van der Waals surface area contributed by atoms with Crippen LogP contribution in [-0.2, 0) is 32.0 Å². The molecular weight excluding hydrogens is 428 g/mol. The first-order chi connectivity index (χ1) is 14.4. The lowest BCUT2D eigenvalue weighted by molar-refractivity contribution is -0.145. The molecule has 2 aromatic heterocycles. The van der Waals surface area contributed by atoms with Gasteiger partial charge < -0.3 is 19.9 Å². The highest BCUT2D eigenvalue weighted by molar-refractivity contribution is 7.18. The van der Waals surface area contributed by atoms with Crippen LogP contribution in [-0.4, -0.2) is 37.1 Å². The highest BCUT2D eigenvalue weighted by atomic mass is 32.1. The number of anilines is 1. The van der Waals surface area contributed by atoms with Crippen LogP contribution >= 0.6 is 22.7 Å². The summed E-state index contributed by atoms with van der Waals surface area (Å²) in [6, 6.07) is 7.86. The normalized spacial score (nSPS) is 10.7. The molecule has 0 saturated carbocycles. The Hall–Kier alpha value is -2.98. The zero-order valence-corrected chi connectivity index (χ0v) is 18.1. The molecule has 0 unspecified atom stereocenters. The van der Waals surface area contributed by atoms with Gasteiger partial charge in [-0.15, -0.1) is 22.7 Å². The van der Waals surface area contributed by atoms with E-state index in [9.17, 15) is 14.4 Å². The van der Waals surface area contributed by atoms with Crippen molar-refractivity contribution in [2.45, 2.75) is 25.9 Å². The van der Waals surface area contributed by atoms with Crippen molar-refractivity contribution in [2.75, 3.05) is 20.0 Å². The Morgan fingerprint density at radius 1 is 1.07 bits per heavy atom. The second-order valence-electron chi connectivity index (χ2n) is 6.22. The van der Waals surface area contributed by atoms with Crippen molar-refractivity contribution in [1.82, 2.24) is 4.98 Å². The Morgan fingerprint density at radius 3 is 2.50 bits per heavy atom.